The average Bonchev–Trinajstić information content (AvgIpc) is 3.12. The summed E-state index contributed by atoms with van der Waals surface area (Å²) in [5.41, 5.74) is 10.2. The maximum Gasteiger partial charge on any atom is 0.416 e. The predicted molar refractivity (Wildman–Crippen MR) is 116 cm³/mol. The van der Waals surface area contributed by atoms with Crippen LogP contribution in [0.25, 0.3) is 0 Å². The lowest BCUT2D eigenvalue weighted by atomic mass is 9.75. The van der Waals surface area contributed by atoms with Crippen LogP contribution < -0.4 is 11.1 Å². The molecule has 0 bridgehead atoms. The smallest absolute Gasteiger partial charge is 0.384 e. The molecule has 3 atom stereocenters. The van der Waals surface area contributed by atoms with Crippen molar-refractivity contribution in [3.8, 4) is 0 Å². The minimum Gasteiger partial charge on any atom is -0.384 e. The number of anilines is 1. The van der Waals surface area contributed by atoms with Crippen molar-refractivity contribution in [1.29, 1.82) is 5.41 Å². The number of fused-ring (bicyclic) bond motifs is 5. The first-order chi connectivity index (χ1) is 14.7. The van der Waals surface area contributed by atoms with Crippen LogP contribution in [0.15, 0.2) is 60.7 Å². The predicted octanol–water partition coefficient (Wildman–Crippen LogP) is 6.11. The number of nitrogens with two attached hydrogens (primary N) is 1. The minimum absolute atomic E-state index is 0.0197. The Morgan fingerprint density at radius 1 is 1.00 bits per heavy atom. The first-order valence-corrected chi connectivity index (χ1v) is 10.3. The molecule has 0 spiro atoms. The van der Waals surface area contributed by atoms with Gasteiger partial charge in [-0.3, -0.25) is 5.41 Å². The van der Waals surface area contributed by atoms with Gasteiger partial charge < -0.3 is 11.1 Å². The van der Waals surface area contributed by atoms with Crippen LogP contribution in [0.5, 0.6) is 0 Å². The van der Waals surface area contributed by atoms with Crippen LogP contribution in [0.1, 0.15) is 45.3 Å². The van der Waals surface area contributed by atoms with Crippen molar-refractivity contribution in [2.45, 2.75) is 24.6 Å². The Balaban J connectivity index is 1.69. The number of alkyl halides is 3. The zero-order valence-electron chi connectivity index (χ0n) is 16.3. The number of nitrogen functional groups attached to an aromatic ring is 1. The second-order valence-corrected chi connectivity index (χ2v) is 8.52. The van der Waals surface area contributed by atoms with E-state index >= 15 is 0 Å². The number of nitrogens with one attached hydrogen (secondary N) is 2. The van der Waals surface area contributed by atoms with Crippen LogP contribution >= 0.6 is 11.6 Å². The Bertz CT molecular complexity index is 1200. The maximum absolute atomic E-state index is 13.4. The highest BCUT2D eigenvalue weighted by molar-refractivity contribution is 6.31. The summed E-state index contributed by atoms with van der Waals surface area (Å²) in [6, 6.07) is 16.7. The summed E-state index contributed by atoms with van der Waals surface area (Å²) < 4.78 is 40.2. The minimum atomic E-state index is -4.44. The molecule has 1 heterocycles. The van der Waals surface area contributed by atoms with Crippen molar-refractivity contribution in [2.75, 3.05) is 5.32 Å². The molecule has 3 nitrogen and oxygen atoms in total. The summed E-state index contributed by atoms with van der Waals surface area (Å²) in [4.78, 5) is 0. The molecule has 1 aliphatic heterocycles. The summed E-state index contributed by atoms with van der Waals surface area (Å²) in [6.45, 7) is 0. The first kappa shape index (κ1) is 19.9. The molecule has 1 aliphatic carbocycles. The Hall–Kier alpha value is -2.99. The highest BCUT2D eigenvalue weighted by atomic mass is 35.5. The molecule has 0 fully saturated rings. The standard InChI is InChI=1S/C24H19ClF3N3/c25-19-7-6-14(24(26,27)28)11-16(19)22-18-9-12-3-1-2-4-15(12)21(18)17-10-13(23(29)30)5-8-20(17)31-22/h1-8,10-11,18,21-22,31H,9H2,(H3,29,30). The van der Waals surface area contributed by atoms with E-state index < -0.39 is 11.7 Å². The van der Waals surface area contributed by atoms with Gasteiger partial charge in [-0.15, -0.1) is 0 Å². The molecule has 0 saturated heterocycles. The van der Waals surface area contributed by atoms with E-state index in [1.807, 2.05) is 24.3 Å². The number of amidine groups is 1. The summed E-state index contributed by atoms with van der Waals surface area (Å²) in [6.07, 6.45) is -3.73. The molecule has 5 rings (SSSR count). The van der Waals surface area contributed by atoms with Gasteiger partial charge in [0.1, 0.15) is 5.84 Å². The van der Waals surface area contributed by atoms with Crippen LogP contribution in [-0.4, -0.2) is 5.84 Å². The highest BCUT2D eigenvalue weighted by Crippen LogP contribution is 2.54. The number of hydrogen-bond donors (Lipinski definition) is 3. The third-order valence-corrected chi connectivity index (χ3v) is 6.71. The zero-order valence-corrected chi connectivity index (χ0v) is 17.1. The van der Waals surface area contributed by atoms with E-state index in [-0.39, 0.29) is 23.7 Å². The van der Waals surface area contributed by atoms with Gasteiger partial charge >= 0.3 is 6.18 Å². The second-order valence-electron chi connectivity index (χ2n) is 8.12. The number of benzene rings is 3. The third-order valence-electron chi connectivity index (χ3n) is 6.37. The fourth-order valence-electron chi connectivity index (χ4n) is 4.99. The van der Waals surface area contributed by atoms with Crippen LogP contribution in [0.3, 0.4) is 0 Å². The SMILES string of the molecule is N=C(N)c1ccc2c(c1)C1c3ccccc3CC1C(c1cc(C(F)(F)F)ccc1Cl)N2. The Morgan fingerprint density at radius 2 is 1.77 bits per heavy atom. The molecule has 7 heteroatoms. The van der Waals surface area contributed by atoms with E-state index in [1.54, 1.807) is 6.07 Å². The number of rotatable bonds is 2. The van der Waals surface area contributed by atoms with Gasteiger partial charge in [0.15, 0.2) is 0 Å². The van der Waals surface area contributed by atoms with Crippen molar-refractivity contribution in [3.05, 3.63) is 99.1 Å². The molecule has 3 aromatic rings. The molecule has 0 aromatic heterocycles. The van der Waals surface area contributed by atoms with Gasteiger partial charge in [-0.1, -0.05) is 35.9 Å². The molecular formula is C24H19ClF3N3. The largest absolute Gasteiger partial charge is 0.416 e. The van der Waals surface area contributed by atoms with E-state index in [1.165, 1.54) is 11.6 Å². The summed E-state index contributed by atoms with van der Waals surface area (Å²) in [7, 11) is 0. The maximum atomic E-state index is 13.4. The molecule has 3 aromatic carbocycles. The quantitative estimate of drug-likeness (QED) is 0.331. The van der Waals surface area contributed by atoms with E-state index in [2.05, 4.69) is 17.4 Å². The fraction of sp³-hybridized carbons (Fsp3) is 0.208. The number of hydrogen-bond acceptors (Lipinski definition) is 2. The normalized spacial score (nSPS) is 21.6. The van der Waals surface area contributed by atoms with Crippen molar-refractivity contribution in [3.63, 3.8) is 0 Å². The van der Waals surface area contributed by atoms with Crippen molar-refractivity contribution in [1.82, 2.24) is 0 Å². The molecule has 0 radical (unpaired) electrons. The van der Waals surface area contributed by atoms with E-state index in [0.717, 1.165) is 35.4 Å². The lowest BCUT2D eigenvalue weighted by molar-refractivity contribution is -0.137. The van der Waals surface area contributed by atoms with Gasteiger partial charge in [0.2, 0.25) is 0 Å². The zero-order chi connectivity index (χ0) is 21.9. The van der Waals surface area contributed by atoms with Crippen LogP contribution in [0.4, 0.5) is 18.9 Å². The van der Waals surface area contributed by atoms with Gasteiger partial charge in [-0.2, -0.15) is 13.2 Å². The van der Waals surface area contributed by atoms with Gasteiger partial charge in [0, 0.05) is 22.2 Å². The Kier molecular flexibility index (Phi) is 4.52. The monoisotopic (exact) mass is 441 g/mol. The highest BCUT2D eigenvalue weighted by Gasteiger charge is 2.44. The van der Waals surface area contributed by atoms with Crippen LogP contribution in [0.2, 0.25) is 5.02 Å². The molecule has 0 saturated carbocycles. The lowest BCUT2D eigenvalue weighted by Crippen LogP contribution is -2.31. The molecule has 0 amide bonds. The topological polar surface area (TPSA) is 61.9 Å². The van der Waals surface area contributed by atoms with Gasteiger partial charge in [-0.05, 0) is 71.0 Å². The Morgan fingerprint density at radius 3 is 2.52 bits per heavy atom. The Labute approximate surface area is 182 Å². The van der Waals surface area contributed by atoms with Crippen molar-refractivity contribution in [2.24, 2.45) is 11.7 Å². The average molecular weight is 442 g/mol. The van der Waals surface area contributed by atoms with Gasteiger partial charge in [0.05, 0.1) is 11.6 Å². The molecule has 4 N–H and O–H groups in total. The van der Waals surface area contributed by atoms with E-state index in [4.69, 9.17) is 22.7 Å². The summed E-state index contributed by atoms with van der Waals surface area (Å²) in [5, 5.41) is 11.6. The van der Waals surface area contributed by atoms with Crippen LogP contribution in [-0.2, 0) is 12.6 Å². The second kappa shape index (κ2) is 7.02. The third kappa shape index (κ3) is 3.26. The van der Waals surface area contributed by atoms with Crippen molar-refractivity contribution < 1.29 is 13.2 Å². The van der Waals surface area contributed by atoms with Crippen molar-refractivity contribution >= 4 is 23.1 Å². The van der Waals surface area contributed by atoms with Gasteiger partial charge in [0.25, 0.3) is 0 Å². The molecular weight excluding hydrogens is 423 g/mol. The first-order valence-electron chi connectivity index (χ1n) is 9.93. The molecule has 2 aliphatic rings. The van der Waals surface area contributed by atoms with E-state index in [0.29, 0.717) is 16.1 Å². The fourth-order valence-corrected chi connectivity index (χ4v) is 5.23. The van der Waals surface area contributed by atoms with Crippen LogP contribution in [0, 0.1) is 11.3 Å². The molecule has 3 unspecified atom stereocenters. The van der Waals surface area contributed by atoms with Gasteiger partial charge in [-0.25, -0.2) is 0 Å². The summed E-state index contributed by atoms with van der Waals surface area (Å²) >= 11 is 6.42. The summed E-state index contributed by atoms with van der Waals surface area (Å²) in [5.74, 6) is -0.0656. The lowest BCUT2D eigenvalue weighted by Gasteiger charge is -2.38. The molecule has 158 valence electrons. The number of halogens is 4. The van der Waals surface area contributed by atoms with E-state index in [9.17, 15) is 13.2 Å². The molecule has 31 heavy (non-hydrogen) atoms.